The van der Waals surface area contributed by atoms with Crippen LogP contribution in [0.4, 0.5) is 9.18 Å². The highest BCUT2D eigenvalue weighted by Gasteiger charge is 2.52. The molecule has 0 bridgehead atoms. The van der Waals surface area contributed by atoms with Gasteiger partial charge in [-0.2, -0.15) is 0 Å². The second-order valence-corrected chi connectivity index (χ2v) is 10.9. The van der Waals surface area contributed by atoms with E-state index in [2.05, 4.69) is 5.32 Å². The molecule has 2 heterocycles. The Morgan fingerprint density at radius 1 is 1.24 bits per heavy atom. The number of rotatable bonds is 6. The second kappa shape index (κ2) is 9.38. The fourth-order valence-corrected chi connectivity index (χ4v) is 3.88. The smallest absolute Gasteiger partial charge is 0.495 e. The van der Waals surface area contributed by atoms with Crippen LogP contribution in [0.1, 0.15) is 66.9 Å². The molecule has 2 aliphatic heterocycles. The standard InChI is InChI=1S/C24H36BFN2O6/c1-22(2,3)32-21(30)28(13-16-9-10-20(29)27-16)14-17-18(26)11-15(12-19(17)31-8)25-33-23(4,5)24(6,7)34-25/h11-12,16H,9-10,13-14H2,1-8H3,(H,27,29)/t16-/m0/s1. The Labute approximate surface area is 201 Å². The monoisotopic (exact) mass is 478 g/mol. The number of carbonyl (C=O) groups excluding carboxylic acids is 2. The van der Waals surface area contributed by atoms with Gasteiger partial charge in [-0.05, 0) is 72.5 Å². The van der Waals surface area contributed by atoms with Crippen LogP contribution < -0.4 is 15.5 Å². The Kier molecular flexibility index (Phi) is 7.25. The average Bonchev–Trinajstić information content (AvgIpc) is 3.19. The Morgan fingerprint density at radius 2 is 1.85 bits per heavy atom. The summed E-state index contributed by atoms with van der Waals surface area (Å²) < 4.78 is 38.6. The summed E-state index contributed by atoms with van der Waals surface area (Å²) in [7, 11) is 0.694. The minimum atomic E-state index is -0.752. The number of carbonyl (C=O) groups is 2. The highest BCUT2D eigenvalue weighted by molar-refractivity contribution is 6.62. The van der Waals surface area contributed by atoms with E-state index in [0.717, 1.165) is 0 Å². The number of hydrogen-bond acceptors (Lipinski definition) is 6. The lowest BCUT2D eigenvalue weighted by molar-refractivity contribution is -0.119. The van der Waals surface area contributed by atoms with Crippen molar-refractivity contribution in [3.8, 4) is 5.75 Å². The molecule has 1 aromatic rings. The van der Waals surface area contributed by atoms with Gasteiger partial charge in [0.15, 0.2) is 0 Å². The van der Waals surface area contributed by atoms with Crippen molar-refractivity contribution in [2.24, 2.45) is 0 Å². The van der Waals surface area contributed by atoms with E-state index in [1.807, 2.05) is 27.7 Å². The first-order valence-electron chi connectivity index (χ1n) is 11.6. The van der Waals surface area contributed by atoms with Crippen molar-refractivity contribution in [1.29, 1.82) is 0 Å². The maximum absolute atomic E-state index is 15.4. The van der Waals surface area contributed by atoms with Crippen LogP contribution in [-0.2, 0) is 25.4 Å². The lowest BCUT2D eigenvalue weighted by Gasteiger charge is -2.32. The summed E-state index contributed by atoms with van der Waals surface area (Å²) >= 11 is 0. The van der Waals surface area contributed by atoms with E-state index in [1.165, 1.54) is 18.1 Å². The highest BCUT2D eigenvalue weighted by Crippen LogP contribution is 2.37. The van der Waals surface area contributed by atoms with Crippen molar-refractivity contribution in [3.63, 3.8) is 0 Å². The Bertz CT molecular complexity index is 930. The Balaban J connectivity index is 1.88. The van der Waals surface area contributed by atoms with Crippen molar-refractivity contribution >= 4 is 24.6 Å². The predicted octanol–water partition coefficient (Wildman–Crippen LogP) is 3.15. The fraction of sp³-hybridized carbons (Fsp3) is 0.667. The molecule has 10 heteroatoms. The van der Waals surface area contributed by atoms with Crippen LogP contribution in [0.15, 0.2) is 12.1 Å². The number of hydrogen-bond donors (Lipinski definition) is 1. The summed E-state index contributed by atoms with van der Waals surface area (Å²) in [6.07, 6.45) is 0.400. The first kappa shape index (κ1) is 26.3. The van der Waals surface area contributed by atoms with Gasteiger partial charge in [0.05, 0.1) is 24.9 Å². The van der Waals surface area contributed by atoms with Gasteiger partial charge in [-0.1, -0.05) is 0 Å². The highest BCUT2D eigenvalue weighted by atomic mass is 19.1. The Hall–Kier alpha value is -2.33. The van der Waals surface area contributed by atoms with E-state index < -0.39 is 35.8 Å². The molecule has 0 spiro atoms. The van der Waals surface area contributed by atoms with Crippen LogP contribution in [0.2, 0.25) is 0 Å². The van der Waals surface area contributed by atoms with E-state index in [4.69, 9.17) is 18.8 Å². The summed E-state index contributed by atoms with van der Waals surface area (Å²) in [6.45, 7) is 13.1. The third-order valence-electron chi connectivity index (χ3n) is 6.45. The number of halogens is 1. The third-order valence-corrected chi connectivity index (χ3v) is 6.45. The van der Waals surface area contributed by atoms with E-state index in [1.54, 1.807) is 26.8 Å². The zero-order valence-electron chi connectivity index (χ0n) is 21.4. The minimum Gasteiger partial charge on any atom is -0.496 e. The number of nitrogens with zero attached hydrogens (tertiary/aromatic N) is 1. The molecule has 1 aromatic carbocycles. The maximum Gasteiger partial charge on any atom is 0.495 e. The topological polar surface area (TPSA) is 86.3 Å². The van der Waals surface area contributed by atoms with Gasteiger partial charge in [0, 0.05) is 24.6 Å². The van der Waals surface area contributed by atoms with Gasteiger partial charge in [-0.15, -0.1) is 0 Å². The molecule has 0 aromatic heterocycles. The van der Waals surface area contributed by atoms with E-state index in [9.17, 15) is 9.59 Å². The summed E-state index contributed by atoms with van der Waals surface area (Å²) in [5.74, 6) is -0.341. The largest absolute Gasteiger partial charge is 0.496 e. The number of methoxy groups -OCH3 is 1. The van der Waals surface area contributed by atoms with Crippen LogP contribution in [0, 0.1) is 5.82 Å². The molecule has 0 saturated carbocycles. The number of amides is 2. The van der Waals surface area contributed by atoms with Crippen molar-refractivity contribution < 1.29 is 32.8 Å². The molecular formula is C24H36BFN2O6. The van der Waals surface area contributed by atoms with Crippen LogP contribution >= 0.6 is 0 Å². The van der Waals surface area contributed by atoms with E-state index >= 15 is 4.39 Å². The number of benzene rings is 1. The molecule has 0 radical (unpaired) electrons. The van der Waals surface area contributed by atoms with Crippen molar-refractivity contribution in [1.82, 2.24) is 10.2 Å². The third kappa shape index (κ3) is 5.83. The van der Waals surface area contributed by atoms with E-state index in [-0.39, 0.29) is 36.4 Å². The van der Waals surface area contributed by atoms with Crippen LogP contribution in [-0.4, -0.2) is 60.5 Å². The normalized spacial score (nSPS) is 21.4. The van der Waals surface area contributed by atoms with Crippen molar-refractivity contribution in [2.75, 3.05) is 13.7 Å². The zero-order valence-corrected chi connectivity index (χ0v) is 21.4. The minimum absolute atomic E-state index is 0.0651. The molecule has 0 unspecified atom stereocenters. The van der Waals surface area contributed by atoms with Gasteiger partial charge in [-0.25, -0.2) is 9.18 Å². The van der Waals surface area contributed by atoms with Gasteiger partial charge in [-0.3, -0.25) is 4.79 Å². The molecule has 3 rings (SSSR count). The van der Waals surface area contributed by atoms with Crippen LogP contribution in [0.3, 0.4) is 0 Å². The molecule has 2 saturated heterocycles. The zero-order chi connectivity index (χ0) is 25.5. The second-order valence-electron chi connectivity index (χ2n) is 10.9. The maximum atomic E-state index is 15.4. The first-order chi connectivity index (χ1) is 15.6. The quantitative estimate of drug-likeness (QED) is 0.633. The number of ether oxygens (including phenoxy) is 2. The lowest BCUT2D eigenvalue weighted by atomic mass is 9.78. The van der Waals surface area contributed by atoms with Crippen molar-refractivity contribution in [2.45, 2.75) is 90.7 Å². The van der Waals surface area contributed by atoms with Crippen LogP contribution in [0.25, 0.3) is 0 Å². The van der Waals surface area contributed by atoms with Crippen LogP contribution in [0.5, 0.6) is 5.75 Å². The molecule has 1 N–H and O–H groups in total. The molecular weight excluding hydrogens is 442 g/mol. The van der Waals surface area contributed by atoms with Gasteiger partial charge < -0.3 is 29.0 Å². The molecule has 2 fully saturated rings. The summed E-state index contributed by atoms with van der Waals surface area (Å²) in [6, 6.07) is 2.80. The average molecular weight is 478 g/mol. The molecule has 0 aliphatic carbocycles. The molecule has 34 heavy (non-hydrogen) atoms. The predicted molar refractivity (Wildman–Crippen MR) is 126 cm³/mol. The van der Waals surface area contributed by atoms with Gasteiger partial charge in [0.2, 0.25) is 5.91 Å². The van der Waals surface area contributed by atoms with Gasteiger partial charge >= 0.3 is 13.2 Å². The van der Waals surface area contributed by atoms with Gasteiger partial charge in [0.25, 0.3) is 0 Å². The molecule has 1 atom stereocenters. The lowest BCUT2D eigenvalue weighted by Crippen LogP contribution is -2.44. The molecule has 8 nitrogen and oxygen atoms in total. The summed E-state index contributed by atoms with van der Waals surface area (Å²) in [5.41, 5.74) is -1.17. The molecule has 2 aliphatic rings. The van der Waals surface area contributed by atoms with Crippen molar-refractivity contribution in [3.05, 3.63) is 23.5 Å². The first-order valence-corrected chi connectivity index (χ1v) is 11.6. The van der Waals surface area contributed by atoms with Gasteiger partial charge in [0.1, 0.15) is 17.2 Å². The van der Waals surface area contributed by atoms with E-state index in [0.29, 0.717) is 18.3 Å². The fourth-order valence-electron chi connectivity index (χ4n) is 3.88. The summed E-state index contributed by atoms with van der Waals surface area (Å²) in [4.78, 5) is 26.0. The SMILES string of the molecule is COc1cc(B2OC(C)(C)C(C)(C)O2)cc(F)c1CN(C[C@@H]1CCC(=O)N1)C(=O)OC(C)(C)C. The molecule has 2 amide bonds. The number of nitrogens with one attached hydrogen (secondary N) is 1. The molecule has 188 valence electrons. The Morgan fingerprint density at radius 3 is 2.35 bits per heavy atom. The summed E-state index contributed by atoms with van der Waals surface area (Å²) in [5, 5.41) is 2.85.